The fourth-order valence-electron chi connectivity index (χ4n) is 3.74. The van der Waals surface area contributed by atoms with Crippen LogP contribution in [0.25, 0.3) is 0 Å². The monoisotopic (exact) mass is 270 g/mol. The lowest BCUT2D eigenvalue weighted by Gasteiger charge is -2.43. The molecule has 0 heterocycles. The highest BCUT2D eigenvalue weighted by atomic mass is 16.5. The molecule has 0 aromatic carbocycles. The van der Waals surface area contributed by atoms with E-state index in [0.29, 0.717) is 0 Å². The Balaban J connectivity index is 2.66. The topological polar surface area (TPSA) is 38.5 Å². The first-order chi connectivity index (χ1) is 9.22. The number of nitrogens with zero attached hydrogens (tertiary/aromatic N) is 1. The lowest BCUT2D eigenvalue weighted by atomic mass is 9.87. The smallest absolute Gasteiger partial charge is 0.0589 e. The van der Waals surface area contributed by atoms with Gasteiger partial charge in [0.2, 0.25) is 0 Å². The first-order valence-corrected chi connectivity index (χ1v) is 8.16. The third kappa shape index (κ3) is 4.73. The third-order valence-corrected chi connectivity index (χ3v) is 4.97. The van der Waals surface area contributed by atoms with E-state index in [1.807, 2.05) is 0 Å². The summed E-state index contributed by atoms with van der Waals surface area (Å²) in [5.41, 5.74) is 6.42. The van der Waals surface area contributed by atoms with Gasteiger partial charge in [-0.05, 0) is 31.7 Å². The zero-order valence-electron chi connectivity index (χ0n) is 13.3. The highest BCUT2D eigenvalue weighted by molar-refractivity contribution is 4.94. The normalized spacial score (nSPS) is 28.6. The molecule has 0 spiro atoms. The first-order valence-electron chi connectivity index (χ1n) is 8.16. The molecule has 114 valence electrons. The molecule has 2 N–H and O–H groups in total. The van der Waals surface area contributed by atoms with Crippen molar-refractivity contribution in [1.82, 2.24) is 4.90 Å². The van der Waals surface area contributed by atoms with Crippen molar-refractivity contribution in [2.75, 3.05) is 33.4 Å². The molecule has 0 aliphatic heterocycles. The van der Waals surface area contributed by atoms with Crippen molar-refractivity contribution in [2.45, 2.75) is 64.3 Å². The first kappa shape index (κ1) is 16.9. The van der Waals surface area contributed by atoms with E-state index in [4.69, 9.17) is 10.5 Å². The molecule has 0 amide bonds. The minimum absolute atomic E-state index is 0.232. The predicted molar refractivity (Wildman–Crippen MR) is 82.4 cm³/mol. The van der Waals surface area contributed by atoms with Gasteiger partial charge in [-0.15, -0.1) is 0 Å². The molecule has 3 nitrogen and oxygen atoms in total. The van der Waals surface area contributed by atoms with Gasteiger partial charge in [0.05, 0.1) is 6.61 Å². The van der Waals surface area contributed by atoms with Gasteiger partial charge in [0, 0.05) is 25.7 Å². The number of hydrogen-bond donors (Lipinski definition) is 1. The highest BCUT2D eigenvalue weighted by Crippen LogP contribution is 2.35. The Morgan fingerprint density at radius 2 is 2.05 bits per heavy atom. The lowest BCUT2D eigenvalue weighted by Crippen LogP contribution is -2.54. The number of likely N-dealkylation sites (N-methyl/N-ethyl adjacent to an activating group) is 1. The average molecular weight is 270 g/mol. The Kier molecular flexibility index (Phi) is 7.96. The van der Waals surface area contributed by atoms with E-state index in [9.17, 15) is 0 Å². The van der Waals surface area contributed by atoms with E-state index in [1.54, 1.807) is 7.11 Å². The molecule has 1 rings (SSSR count). The quantitative estimate of drug-likeness (QED) is 0.689. The van der Waals surface area contributed by atoms with E-state index in [1.165, 1.54) is 44.9 Å². The maximum atomic E-state index is 6.19. The standard InChI is InChI=1S/C16H34N2O/c1-4-7-15-8-6-10-16(14-17,11-9-15)18(5-2)12-13-19-3/h15H,4-14,17H2,1-3H3. The van der Waals surface area contributed by atoms with Crippen molar-refractivity contribution in [3.8, 4) is 0 Å². The number of hydrogen-bond acceptors (Lipinski definition) is 3. The van der Waals surface area contributed by atoms with Gasteiger partial charge in [0.1, 0.15) is 0 Å². The van der Waals surface area contributed by atoms with Gasteiger partial charge in [0.25, 0.3) is 0 Å². The van der Waals surface area contributed by atoms with E-state index in [2.05, 4.69) is 18.7 Å². The van der Waals surface area contributed by atoms with Crippen LogP contribution in [0.5, 0.6) is 0 Å². The van der Waals surface area contributed by atoms with Crippen molar-refractivity contribution >= 4 is 0 Å². The zero-order chi connectivity index (χ0) is 14.1. The molecule has 1 aliphatic carbocycles. The summed E-state index contributed by atoms with van der Waals surface area (Å²) in [5, 5.41) is 0. The van der Waals surface area contributed by atoms with Crippen molar-refractivity contribution in [3.05, 3.63) is 0 Å². The third-order valence-electron chi connectivity index (χ3n) is 4.97. The summed E-state index contributed by atoms with van der Waals surface area (Å²) in [4.78, 5) is 2.57. The lowest BCUT2D eigenvalue weighted by molar-refractivity contribution is 0.0523. The van der Waals surface area contributed by atoms with Gasteiger partial charge in [-0.1, -0.05) is 39.5 Å². The maximum Gasteiger partial charge on any atom is 0.0589 e. The van der Waals surface area contributed by atoms with E-state index in [-0.39, 0.29) is 5.54 Å². The SMILES string of the molecule is CCCC1CCCC(CN)(N(CC)CCOC)CC1. The average Bonchev–Trinajstić information content (AvgIpc) is 2.64. The van der Waals surface area contributed by atoms with Crippen LogP contribution in [0.2, 0.25) is 0 Å². The van der Waals surface area contributed by atoms with E-state index < -0.39 is 0 Å². The van der Waals surface area contributed by atoms with Crippen molar-refractivity contribution in [3.63, 3.8) is 0 Å². The predicted octanol–water partition coefficient (Wildman–Crippen LogP) is 3.03. The molecular formula is C16H34N2O. The second kappa shape index (κ2) is 8.93. The second-order valence-corrected chi connectivity index (χ2v) is 6.09. The van der Waals surface area contributed by atoms with Crippen LogP contribution in [0.15, 0.2) is 0 Å². The molecule has 2 unspecified atom stereocenters. The van der Waals surface area contributed by atoms with Crippen LogP contribution in [0.4, 0.5) is 0 Å². The Morgan fingerprint density at radius 3 is 2.63 bits per heavy atom. The Morgan fingerprint density at radius 1 is 1.26 bits per heavy atom. The number of ether oxygens (including phenoxy) is 1. The van der Waals surface area contributed by atoms with Gasteiger partial charge in [-0.25, -0.2) is 0 Å². The van der Waals surface area contributed by atoms with Crippen LogP contribution < -0.4 is 5.73 Å². The molecule has 0 radical (unpaired) electrons. The van der Waals surface area contributed by atoms with Gasteiger partial charge >= 0.3 is 0 Å². The fourth-order valence-corrected chi connectivity index (χ4v) is 3.74. The van der Waals surface area contributed by atoms with Crippen LogP contribution in [0.1, 0.15) is 58.8 Å². The molecular weight excluding hydrogens is 236 g/mol. The molecule has 0 aromatic rings. The molecule has 0 bridgehead atoms. The highest BCUT2D eigenvalue weighted by Gasteiger charge is 2.36. The minimum atomic E-state index is 0.232. The van der Waals surface area contributed by atoms with Crippen LogP contribution >= 0.6 is 0 Å². The number of nitrogens with two attached hydrogens (primary N) is 1. The largest absolute Gasteiger partial charge is 0.383 e. The molecule has 2 atom stereocenters. The Hall–Kier alpha value is -0.120. The summed E-state index contributed by atoms with van der Waals surface area (Å²) in [7, 11) is 1.79. The molecule has 19 heavy (non-hydrogen) atoms. The summed E-state index contributed by atoms with van der Waals surface area (Å²) in [6, 6.07) is 0. The minimum Gasteiger partial charge on any atom is -0.383 e. The fraction of sp³-hybridized carbons (Fsp3) is 1.00. The van der Waals surface area contributed by atoms with Gasteiger partial charge < -0.3 is 10.5 Å². The van der Waals surface area contributed by atoms with Crippen LogP contribution in [-0.4, -0.2) is 43.8 Å². The van der Waals surface area contributed by atoms with Crippen molar-refractivity contribution in [2.24, 2.45) is 11.7 Å². The molecule has 1 aliphatic rings. The number of methoxy groups -OCH3 is 1. The summed E-state index contributed by atoms with van der Waals surface area (Å²) in [6.45, 7) is 8.26. The summed E-state index contributed by atoms with van der Waals surface area (Å²) in [5.74, 6) is 0.930. The molecule has 0 aromatic heterocycles. The molecule has 3 heteroatoms. The van der Waals surface area contributed by atoms with Gasteiger partial charge in [-0.2, -0.15) is 0 Å². The van der Waals surface area contributed by atoms with Crippen LogP contribution in [-0.2, 0) is 4.74 Å². The summed E-state index contributed by atoms with van der Waals surface area (Å²) in [6.07, 6.45) is 9.34. The van der Waals surface area contributed by atoms with E-state index >= 15 is 0 Å². The Labute approximate surface area is 119 Å². The summed E-state index contributed by atoms with van der Waals surface area (Å²) >= 11 is 0. The van der Waals surface area contributed by atoms with Crippen molar-refractivity contribution < 1.29 is 4.74 Å². The van der Waals surface area contributed by atoms with Crippen molar-refractivity contribution in [1.29, 1.82) is 0 Å². The maximum absolute atomic E-state index is 6.19. The van der Waals surface area contributed by atoms with E-state index in [0.717, 1.165) is 32.2 Å². The van der Waals surface area contributed by atoms with Crippen LogP contribution in [0, 0.1) is 5.92 Å². The molecule has 1 saturated carbocycles. The second-order valence-electron chi connectivity index (χ2n) is 6.09. The van der Waals surface area contributed by atoms with Gasteiger partial charge in [-0.3, -0.25) is 4.90 Å². The van der Waals surface area contributed by atoms with Gasteiger partial charge in [0.15, 0.2) is 0 Å². The molecule has 0 saturated heterocycles. The van der Waals surface area contributed by atoms with Crippen LogP contribution in [0.3, 0.4) is 0 Å². The summed E-state index contributed by atoms with van der Waals surface area (Å²) < 4.78 is 5.26. The molecule has 1 fully saturated rings. The zero-order valence-corrected chi connectivity index (χ0v) is 13.3. The Bertz CT molecular complexity index is 235. The number of rotatable bonds is 8.